The third kappa shape index (κ3) is 5.76. The monoisotopic (exact) mass is 328 g/mol. The first-order valence-electron chi connectivity index (χ1n) is 7.78. The molecule has 0 N–H and O–H groups in total. The molecule has 0 fully saturated rings. The number of hydrogen-bond acceptors (Lipinski definition) is 5. The van der Waals surface area contributed by atoms with Crippen LogP contribution in [0.3, 0.4) is 0 Å². The van der Waals surface area contributed by atoms with Crippen LogP contribution in [0.5, 0.6) is 11.5 Å². The number of hydrogen-bond donors (Lipinski definition) is 0. The van der Waals surface area contributed by atoms with Gasteiger partial charge in [-0.1, -0.05) is 25.1 Å². The van der Waals surface area contributed by atoms with Gasteiger partial charge in [-0.25, -0.2) is 4.79 Å². The van der Waals surface area contributed by atoms with Crippen molar-refractivity contribution in [2.45, 2.75) is 13.3 Å². The molecular weight excluding hydrogens is 308 g/mol. The van der Waals surface area contributed by atoms with Gasteiger partial charge in [0, 0.05) is 12.0 Å². The summed E-state index contributed by atoms with van der Waals surface area (Å²) in [7, 11) is 0. The molecule has 0 saturated heterocycles. The summed E-state index contributed by atoms with van der Waals surface area (Å²) in [5.74, 6) is 0.839. The average molecular weight is 328 g/mol. The second-order valence-electron chi connectivity index (χ2n) is 4.97. The van der Waals surface area contributed by atoms with Gasteiger partial charge in [0.05, 0.1) is 0 Å². The van der Waals surface area contributed by atoms with Crippen molar-refractivity contribution >= 4 is 11.8 Å². The van der Waals surface area contributed by atoms with Crippen LogP contribution in [0.2, 0.25) is 0 Å². The van der Waals surface area contributed by atoms with Crippen molar-refractivity contribution in [3.05, 3.63) is 60.2 Å². The van der Waals surface area contributed by atoms with Crippen LogP contribution in [-0.4, -0.2) is 31.6 Å². The number of ether oxygens (including phenoxy) is 3. The molecule has 24 heavy (non-hydrogen) atoms. The number of rotatable bonds is 9. The molecule has 2 aromatic carbocycles. The van der Waals surface area contributed by atoms with E-state index in [1.165, 1.54) is 0 Å². The van der Waals surface area contributed by atoms with Crippen molar-refractivity contribution < 1.29 is 23.8 Å². The highest BCUT2D eigenvalue weighted by Gasteiger charge is 2.06. The zero-order valence-corrected chi connectivity index (χ0v) is 13.6. The van der Waals surface area contributed by atoms with Gasteiger partial charge in [-0.3, -0.25) is 4.79 Å². The molecule has 0 aliphatic carbocycles. The Balaban J connectivity index is 1.65. The lowest BCUT2D eigenvalue weighted by atomic mass is 10.1. The molecule has 0 aliphatic rings. The molecule has 0 bridgehead atoms. The topological polar surface area (TPSA) is 61.8 Å². The van der Waals surface area contributed by atoms with Crippen LogP contribution in [0.15, 0.2) is 54.6 Å². The molecule has 0 amide bonds. The van der Waals surface area contributed by atoms with E-state index in [4.69, 9.17) is 14.2 Å². The summed E-state index contributed by atoms with van der Waals surface area (Å²) < 4.78 is 15.8. The summed E-state index contributed by atoms with van der Waals surface area (Å²) in [5.41, 5.74) is 0.630. The Bertz CT molecular complexity index is 649. The van der Waals surface area contributed by atoms with Gasteiger partial charge < -0.3 is 14.2 Å². The van der Waals surface area contributed by atoms with Gasteiger partial charge in [-0.15, -0.1) is 0 Å². The van der Waals surface area contributed by atoms with E-state index in [1.54, 1.807) is 24.3 Å². The number of benzene rings is 2. The van der Waals surface area contributed by atoms with Crippen molar-refractivity contribution in [2.24, 2.45) is 0 Å². The minimum atomic E-state index is -0.472. The molecule has 0 aliphatic heterocycles. The van der Waals surface area contributed by atoms with Crippen molar-refractivity contribution in [2.75, 3.05) is 19.8 Å². The van der Waals surface area contributed by atoms with Crippen LogP contribution in [0.25, 0.3) is 0 Å². The van der Waals surface area contributed by atoms with Gasteiger partial charge in [0.1, 0.15) is 24.7 Å². The molecule has 0 aromatic heterocycles. The minimum absolute atomic E-state index is 0.0689. The highest BCUT2D eigenvalue weighted by Crippen LogP contribution is 2.13. The van der Waals surface area contributed by atoms with E-state index < -0.39 is 5.97 Å². The summed E-state index contributed by atoms with van der Waals surface area (Å²) in [6.07, 6.45) is 0.456. The lowest BCUT2D eigenvalue weighted by Gasteiger charge is -2.08. The summed E-state index contributed by atoms with van der Waals surface area (Å²) >= 11 is 0. The van der Waals surface area contributed by atoms with Crippen LogP contribution in [0.4, 0.5) is 0 Å². The van der Waals surface area contributed by atoms with Crippen LogP contribution in [-0.2, 0) is 9.53 Å². The zero-order chi connectivity index (χ0) is 17.2. The van der Waals surface area contributed by atoms with Crippen molar-refractivity contribution in [1.82, 2.24) is 0 Å². The van der Waals surface area contributed by atoms with Gasteiger partial charge in [0.2, 0.25) is 0 Å². The summed E-state index contributed by atoms with van der Waals surface area (Å²) in [6, 6.07) is 16.0. The van der Waals surface area contributed by atoms with Gasteiger partial charge in [-0.05, 0) is 36.4 Å². The summed E-state index contributed by atoms with van der Waals surface area (Å²) in [6.45, 7) is 2.06. The van der Waals surface area contributed by atoms with Gasteiger partial charge >= 0.3 is 5.97 Å². The number of Topliss-reactive ketones (excluding diaryl/α,β-unsaturated/α-hetero) is 1. The van der Waals surface area contributed by atoms with Crippen LogP contribution in [0, 0.1) is 0 Å². The predicted molar refractivity (Wildman–Crippen MR) is 89.5 cm³/mol. The van der Waals surface area contributed by atoms with E-state index in [9.17, 15) is 9.59 Å². The fraction of sp³-hybridized carbons (Fsp3) is 0.263. The largest absolute Gasteiger partial charge is 0.490 e. The molecule has 5 nitrogen and oxygen atoms in total. The van der Waals surface area contributed by atoms with E-state index >= 15 is 0 Å². The van der Waals surface area contributed by atoms with Crippen molar-refractivity contribution in [3.8, 4) is 11.5 Å². The second-order valence-corrected chi connectivity index (χ2v) is 4.97. The van der Waals surface area contributed by atoms with Gasteiger partial charge in [0.15, 0.2) is 12.4 Å². The number of carbonyl (C=O) groups excluding carboxylic acids is 2. The van der Waals surface area contributed by atoms with E-state index in [2.05, 4.69) is 0 Å². The Kier molecular flexibility index (Phi) is 6.83. The van der Waals surface area contributed by atoms with E-state index in [0.29, 0.717) is 17.7 Å². The van der Waals surface area contributed by atoms with E-state index in [1.807, 2.05) is 37.3 Å². The lowest BCUT2D eigenvalue weighted by Crippen LogP contribution is -2.18. The molecule has 0 atom stereocenters. The summed E-state index contributed by atoms with van der Waals surface area (Å²) in [5, 5.41) is 0. The molecule has 0 radical (unpaired) electrons. The maximum absolute atomic E-state index is 11.6. The normalized spacial score (nSPS) is 10.0. The zero-order valence-electron chi connectivity index (χ0n) is 13.6. The maximum atomic E-state index is 11.6. The molecule has 2 rings (SSSR count). The quantitative estimate of drug-likeness (QED) is 0.401. The molecule has 5 heteroatoms. The number of ketones is 1. The smallest absolute Gasteiger partial charge is 0.344 e. The molecule has 2 aromatic rings. The Morgan fingerprint density at radius 3 is 2.17 bits per heavy atom. The highest BCUT2D eigenvalue weighted by molar-refractivity contribution is 5.95. The van der Waals surface area contributed by atoms with Gasteiger partial charge in [0.25, 0.3) is 0 Å². The fourth-order valence-electron chi connectivity index (χ4n) is 1.96. The van der Waals surface area contributed by atoms with E-state index in [0.717, 1.165) is 5.75 Å². The SMILES string of the molecule is CCC(=O)c1ccc(OCC(=O)OCCOc2ccccc2)cc1. The number of esters is 1. The van der Waals surface area contributed by atoms with Crippen LogP contribution >= 0.6 is 0 Å². The fourth-order valence-corrected chi connectivity index (χ4v) is 1.96. The van der Waals surface area contributed by atoms with E-state index in [-0.39, 0.29) is 25.6 Å². The Labute approximate surface area is 141 Å². The predicted octanol–water partition coefficient (Wildman–Crippen LogP) is 3.28. The molecular formula is C19H20O5. The average Bonchev–Trinajstić information content (AvgIpc) is 2.64. The second kappa shape index (κ2) is 9.35. The first-order valence-corrected chi connectivity index (χ1v) is 7.78. The van der Waals surface area contributed by atoms with Crippen molar-refractivity contribution in [1.29, 1.82) is 0 Å². The maximum Gasteiger partial charge on any atom is 0.344 e. The highest BCUT2D eigenvalue weighted by atomic mass is 16.6. The first kappa shape index (κ1) is 17.5. The third-order valence-electron chi connectivity index (χ3n) is 3.21. The molecule has 0 heterocycles. The number of para-hydroxylation sites is 1. The van der Waals surface area contributed by atoms with Crippen LogP contribution < -0.4 is 9.47 Å². The van der Waals surface area contributed by atoms with Crippen LogP contribution in [0.1, 0.15) is 23.7 Å². The Morgan fingerprint density at radius 1 is 0.833 bits per heavy atom. The lowest BCUT2D eigenvalue weighted by molar-refractivity contribution is -0.146. The van der Waals surface area contributed by atoms with Crippen molar-refractivity contribution in [3.63, 3.8) is 0 Å². The third-order valence-corrected chi connectivity index (χ3v) is 3.21. The summed E-state index contributed by atoms with van der Waals surface area (Å²) in [4.78, 5) is 23.1. The standard InChI is InChI=1S/C19H20O5/c1-2-18(20)15-8-10-17(11-9-15)24-14-19(21)23-13-12-22-16-6-4-3-5-7-16/h3-11H,2,12-14H2,1H3. The Morgan fingerprint density at radius 2 is 1.50 bits per heavy atom. The van der Waals surface area contributed by atoms with Gasteiger partial charge in [-0.2, -0.15) is 0 Å². The molecule has 126 valence electrons. The molecule has 0 unspecified atom stereocenters. The molecule has 0 spiro atoms. The molecule has 0 saturated carbocycles. The minimum Gasteiger partial charge on any atom is -0.490 e. The first-order chi connectivity index (χ1) is 11.7. The number of carbonyl (C=O) groups is 2. The Hall–Kier alpha value is -2.82.